The van der Waals surface area contributed by atoms with Crippen LogP contribution in [0, 0.1) is 16.7 Å². The molecule has 2 heterocycles. The zero-order chi connectivity index (χ0) is 18.4. The van der Waals surface area contributed by atoms with Gasteiger partial charge < -0.3 is 14.8 Å². The van der Waals surface area contributed by atoms with Gasteiger partial charge in [-0.3, -0.25) is 9.69 Å². The Kier molecular flexibility index (Phi) is 6.25. The minimum atomic E-state index is -0.959. The first-order valence-electron chi connectivity index (χ1n) is 9.25. The van der Waals surface area contributed by atoms with E-state index in [9.17, 15) is 10.1 Å². The normalized spacial score (nSPS) is 25.5. The van der Waals surface area contributed by atoms with Crippen molar-refractivity contribution in [3.05, 3.63) is 35.9 Å². The van der Waals surface area contributed by atoms with Crippen LogP contribution in [0.2, 0.25) is 0 Å². The molecule has 6 heteroatoms. The summed E-state index contributed by atoms with van der Waals surface area (Å²) in [5.41, 5.74) is 0.259. The van der Waals surface area contributed by atoms with Gasteiger partial charge in [0.15, 0.2) is 0 Å². The van der Waals surface area contributed by atoms with Crippen LogP contribution in [0.1, 0.15) is 24.3 Å². The lowest BCUT2D eigenvalue weighted by Crippen LogP contribution is -2.49. The number of carbonyl (C=O) groups is 1. The van der Waals surface area contributed by atoms with E-state index in [0.29, 0.717) is 32.7 Å². The summed E-state index contributed by atoms with van der Waals surface area (Å²) < 4.78 is 10.5. The molecule has 2 saturated heterocycles. The quantitative estimate of drug-likeness (QED) is 0.836. The van der Waals surface area contributed by atoms with E-state index in [1.165, 1.54) is 5.56 Å². The maximum Gasteiger partial charge on any atom is 0.240 e. The van der Waals surface area contributed by atoms with Crippen LogP contribution in [0.4, 0.5) is 0 Å². The molecule has 26 heavy (non-hydrogen) atoms. The molecule has 0 bridgehead atoms. The fourth-order valence-corrected chi connectivity index (χ4v) is 3.89. The molecule has 0 unspecified atom stereocenters. The molecule has 1 N–H and O–H groups in total. The number of nitrogens with one attached hydrogen (secondary N) is 1. The Balaban J connectivity index is 1.74. The molecule has 0 saturated carbocycles. The Bertz CT molecular complexity index is 637. The maximum atomic E-state index is 13.0. The van der Waals surface area contributed by atoms with Crippen molar-refractivity contribution in [2.45, 2.75) is 24.8 Å². The molecule has 6 nitrogen and oxygen atoms in total. The van der Waals surface area contributed by atoms with Gasteiger partial charge in [0.25, 0.3) is 0 Å². The summed E-state index contributed by atoms with van der Waals surface area (Å²) in [6.07, 6.45) is 0.927. The molecule has 2 fully saturated rings. The van der Waals surface area contributed by atoms with Crippen molar-refractivity contribution in [2.75, 3.05) is 46.6 Å². The minimum absolute atomic E-state index is 0.00479. The number of nitrogens with zero attached hydrogens (tertiary/aromatic N) is 2. The predicted molar refractivity (Wildman–Crippen MR) is 97.5 cm³/mol. The number of methoxy groups -OCH3 is 1. The molecule has 1 amide bonds. The molecule has 0 spiro atoms. The third-order valence-corrected chi connectivity index (χ3v) is 5.55. The average Bonchev–Trinajstić information content (AvgIpc) is 3.10. The van der Waals surface area contributed by atoms with Crippen molar-refractivity contribution >= 4 is 5.91 Å². The second-order valence-corrected chi connectivity index (χ2v) is 7.16. The average molecular weight is 357 g/mol. The fourth-order valence-electron chi connectivity index (χ4n) is 3.89. The molecule has 140 valence electrons. The van der Waals surface area contributed by atoms with Gasteiger partial charge in [-0.15, -0.1) is 0 Å². The number of benzene rings is 1. The highest BCUT2D eigenvalue weighted by Crippen LogP contribution is 2.32. The Labute approximate surface area is 155 Å². The molecule has 3 rings (SSSR count). The number of rotatable bonds is 6. The van der Waals surface area contributed by atoms with Crippen LogP contribution < -0.4 is 5.32 Å². The molecule has 2 aliphatic rings. The zero-order valence-corrected chi connectivity index (χ0v) is 15.3. The summed E-state index contributed by atoms with van der Waals surface area (Å²) in [6.45, 7) is 4.08. The molecule has 2 atom stereocenters. The van der Waals surface area contributed by atoms with Crippen LogP contribution in [-0.2, 0) is 14.3 Å². The summed E-state index contributed by atoms with van der Waals surface area (Å²) >= 11 is 0. The van der Waals surface area contributed by atoms with E-state index in [0.717, 1.165) is 19.6 Å². The zero-order valence-electron chi connectivity index (χ0n) is 15.3. The van der Waals surface area contributed by atoms with Gasteiger partial charge in [-0.2, -0.15) is 5.26 Å². The first-order valence-corrected chi connectivity index (χ1v) is 9.25. The van der Waals surface area contributed by atoms with Crippen LogP contribution >= 0.6 is 0 Å². The smallest absolute Gasteiger partial charge is 0.240 e. The summed E-state index contributed by atoms with van der Waals surface area (Å²) in [5.74, 6) is 0.0652. The Morgan fingerprint density at radius 2 is 2.08 bits per heavy atom. The lowest BCUT2D eigenvalue weighted by Gasteiger charge is -2.31. The van der Waals surface area contributed by atoms with Gasteiger partial charge in [0.2, 0.25) is 5.91 Å². The van der Waals surface area contributed by atoms with Crippen molar-refractivity contribution in [1.29, 1.82) is 5.26 Å². The lowest BCUT2D eigenvalue weighted by molar-refractivity contribution is -0.133. The van der Waals surface area contributed by atoms with Crippen molar-refractivity contribution in [3.8, 4) is 6.07 Å². The van der Waals surface area contributed by atoms with Crippen LogP contribution in [0.15, 0.2) is 30.3 Å². The second-order valence-electron chi connectivity index (χ2n) is 7.16. The first kappa shape index (κ1) is 18.8. The SMILES string of the molecule is COCCN1C[C@@H](NC(=O)C2(C#N)CCOCC2)[C@H](c2ccccc2)C1. The molecule has 0 aromatic heterocycles. The van der Waals surface area contributed by atoms with Gasteiger partial charge in [0.05, 0.1) is 12.7 Å². The number of nitriles is 1. The van der Waals surface area contributed by atoms with E-state index >= 15 is 0 Å². The highest BCUT2D eigenvalue weighted by atomic mass is 16.5. The van der Waals surface area contributed by atoms with Gasteiger partial charge in [0, 0.05) is 51.9 Å². The predicted octanol–water partition coefficient (Wildman–Crippen LogP) is 1.54. The monoisotopic (exact) mass is 357 g/mol. The summed E-state index contributed by atoms with van der Waals surface area (Å²) in [4.78, 5) is 15.3. The van der Waals surface area contributed by atoms with Gasteiger partial charge in [-0.25, -0.2) is 0 Å². The summed E-state index contributed by atoms with van der Waals surface area (Å²) in [5, 5.41) is 12.8. The number of amides is 1. The topological polar surface area (TPSA) is 74.6 Å². The molecule has 1 aromatic rings. The van der Waals surface area contributed by atoms with Gasteiger partial charge in [-0.05, 0) is 18.4 Å². The Morgan fingerprint density at radius 3 is 2.73 bits per heavy atom. The summed E-state index contributed by atoms with van der Waals surface area (Å²) in [6, 6.07) is 12.5. The summed E-state index contributed by atoms with van der Waals surface area (Å²) in [7, 11) is 1.70. The standard InChI is InChI=1S/C20H27N3O3/c1-25-12-9-23-13-17(16-5-3-2-4-6-16)18(14-23)22-19(24)20(15-21)7-10-26-11-8-20/h2-6,17-18H,7-14H2,1H3,(H,22,24)/t17-,18+/m0/s1. The van der Waals surface area contributed by atoms with E-state index in [1.807, 2.05) is 18.2 Å². The largest absolute Gasteiger partial charge is 0.383 e. The van der Waals surface area contributed by atoms with Crippen LogP contribution in [0.5, 0.6) is 0 Å². The number of ether oxygens (including phenoxy) is 2. The highest BCUT2D eigenvalue weighted by molar-refractivity contribution is 5.86. The third-order valence-electron chi connectivity index (χ3n) is 5.55. The van der Waals surface area contributed by atoms with Gasteiger partial charge in [-0.1, -0.05) is 30.3 Å². The number of likely N-dealkylation sites (tertiary alicyclic amines) is 1. The van der Waals surface area contributed by atoms with Crippen molar-refractivity contribution in [2.24, 2.45) is 5.41 Å². The molecular formula is C20H27N3O3. The number of hydrogen-bond acceptors (Lipinski definition) is 5. The van der Waals surface area contributed by atoms with Crippen LogP contribution in [0.25, 0.3) is 0 Å². The van der Waals surface area contributed by atoms with Crippen LogP contribution in [-0.4, -0.2) is 63.4 Å². The fraction of sp³-hybridized carbons (Fsp3) is 0.600. The molecule has 0 aliphatic carbocycles. The molecule has 0 radical (unpaired) electrons. The minimum Gasteiger partial charge on any atom is -0.383 e. The maximum absolute atomic E-state index is 13.0. The number of carbonyl (C=O) groups excluding carboxylic acids is 1. The van der Waals surface area contributed by atoms with Gasteiger partial charge >= 0.3 is 0 Å². The van der Waals surface area contributed by atoms with Gasteiger partial charge in [0.1, 0.15) is 5.41 Å². The number of hydrogen-bond donors (Lipinski definition) is 1. The Hall–Kier alpha value is -1.94. The van der Waals surface area contributed by atoms with Crippen molar-refractivity contribution < 1.29 is 14.3 Å². The highest BCUT2D eigenvalue weighted by Gasteiger charge is 2.43. The lowest BCUT2D eigenvalue weighted by atomic mass is 9.80. The Morgan fingerprint density at radius 1 is 1.35 bits per heavy atom. The van der Waals surface area contributed by atoms with E-state index in [4.69, 9.17) is 9.47 Å². The molecule has 1 aromatic carbocycles. The van der Waals surface area contributed by atoms with E-state index in [1.54, 1.807) is 7.11 Å². The van der Waals surface area contributed by atoms with E-state index in [-0.39, 0.29) is 17.9 Å². The van der Waals surface area contributed by atoms with E-state index in [2.05, 4.69) is 28.4 Å². The molecule has 2 aliphatic heterocycles. The second kappa shape index (κ2) is 8.63. The third kappa shape index (κ3) is 4.07. The van der Waals surface area contributed by atoms with Crippen molar-refractivity contribution in [1.82, 2.24) is 10.2 Å². The van der Waals surface area contributed by atoms with Crippen LogP contribution in [0.3, 0.4) is 0 Å². The van der Waals surface area contributed by atoms with Crippen molar-refractivity contribution in [3.63, 3.8) is 0 Å². The molecular weight excluding hydrogens is 330 g/mol. The first-order chi connectivity index (χ1) is 12.7. The van der Waals surface area contributed by atoms with E-state index < -0.39 is 5.41 Å².